The van der Waals surface area contributed by atoms with Gasteiger partial charge >= 0.3 is 6.18 Å². The molecule has 0 spiro atoms. The van der Waals surface area contributed by atoms with E-state index in [1.165, 1.54) is 0 Å². The Labute approximate surface area is 120 Å². The number of benzene rings is 1. The van der Waals surface area contributed by atoms with Crippen LogP contribution < -0.4 is 10.6 Å². The van der Waals surface area contributed by atoms with Crippen LogP contribution in [0.5, 0.6) is 0 Å². The molecule has 0 amide bonds. The van der Waals surface area contributed by atoms with E-state index >= 15 is 0 Å². The van der Waals surface area contributed by atoms with Crippen LogP contribution in [0, 0.1) is 5.82 Å². The van der Waals surface area contributed by atoms with Gasteiger partial charge in [-0.15, -0.1) is 0 Å². The van der Waals surface area contributed by atoms with Crippen molar-refractivity contribution in [2.24, 2.45) is 0 Å². The Hall–Kier alpha value is -1.34. The molecule has 1 heterocycles. The molecule has 1 aliphatic heterocycles. The normalized spacial score (nSPS) is 21.1. The summed E-state index contributed by atoms with van der Waals surface area (Å²) in [5, 5.41) is 6.05. The number of anilines is 1. The smallest absolute Gasteiger partial charge is 0.380 e. The summed E-state index contributed by atoms with van der Waals surface area (Å²) in [6.45, 7) is 3.75. The minimum absolute atomic E-state index is 0.120. The van der Waals surface area contributed by atoms with Crippen LogP contribution in [0.25, 0.3) is 0 Å². The Balaban J connectivity index is 2.00. The highest BCUT2D eigenvalue weighted by Gasteiger charge is 2.31. The third-order valence-electron chi connectivity index (χ3n) is 3.33. The summed E-state index contributed by atoms with van der Waals surface area (Å²) in [5.74, 6) is -0.692. The summed E-state index contributed by atoms with van der Waals surface area (Å²) < 4.78 is 56.8. The maximum absolute atomic E-state index is 13.6. The predicted molar refractivity (Wildman–Crippen MR) is 71.7 cm³/mol. The number of morpholine rings is 1. The van der Waals surface area contributed by atoms with Crippen LogP contribution in [-0.4, -0.2) is 31.8 Å². The van der Waals surface area contributed by atoms with Gasteiger partial charge in [0.15, 0.2) is 0 Å². The van der Waals surface area contributed by atoms with Crippen molar-refractivity contribution in [1.82, 2.24) is 5.32 Å². The van der Waals surface area contributed by atoms with Gasteiger partial charge in [-0.25, -0.2) is 4.39 Å². The number of hydrogen-bond acceptors (Lipinski definition) is 3. The lowest BCUT2D eigenvalue weighted by Crippen LogP contribution is -2.43. The van der Waals surface area contributed by atoms with Crippen molar-refractivity contribution >= 4 is 5.69 Å². The molecule has 1 aromatic carbocycles. The topological polar surface area (TPSA) is 33.3 Å². The maximum Gasteiger partial charge on any atom is 0.416 e. The SMILES string of the molecule is CC(CC1COCCN1)Nc1cc(C(F)(F)F)ccc1F. The Bertz CT molecular complexity index is 473. The van der Waals surface area contributed by atoms with Gasteiger partial charge in [0, 0.05) is 18.6 Å². The molecule has 2 rings (SSSR count). The molecule has 1 aromatic rings. The summed E-state index contributed by atoms with van der Waals surface area (Å²) >= 11 is 0. The number of hydrogen-bond donors (Lipinski definition) is 2. The third-order valence-corrected chi connectivity index (χ3v) is 3.33. The fourth-order valence-electron chi connectivity index (χ4n) is 2.33. The van der Waals surface area contributed by atoms with Crippen LogP contribution in [0.15, 0.2) is 18.2 Å². The second kappa shape index (κ2) is 6.62. The summed E-state index contributed by atoms with van der Waals surface area (Å²) in [4.78, 5) is 0. The van der Waals surface area contributed by atoms with Crippen LogP contribution in [0.1, 0.15) is 18.9 Å². The van der Waals surface area contributed by atoms with Crippen molar-refractivity contribution in [2.75, 3.05) is 25.1 Å². The molecule has 2 atom stereocenters. The van der Waals surface area contributed by atoms with Gasteiger partial charge in [-0.05, 0) is 31.5 Å². The standard InChI is InChI=1S/C14H18F4N2O/c1-9(6-11-8-21-5-4-19-11)20-13-7-10(14(16,17)18)2-3-12(13)15/h2-3,7,9,11,19-20H,4-6,8H2,1H3. The summed E-state index contributed by atoms with van der Waals surface area (Å²) in [6.07, 6.45) is -3.85. The minimum Gasteiger partial charge on any atom is -0.380 e. The molecular formula is C14H18F4N2O. The molecule has 21 heavy (non-hydrogen) atoms. The summed E-state index contributed by atoms with van der Waals surface area (Å²) in [7, 11) is 0. The monoisotopic (exact) mass is 306 g/mol. The average Bonchev–Trinajstić information content (AvgIpc) is 2.41. The van der Waals surface area contributed by atoms with E-state index in [2.05, 4.69) is 10.6 Å². The van der Waals surface area contributed by atoms with E-state index in [0.717, 1.165) is 24.7 Å². The molecule has 0 bridgehead atoms. The summed E-state index contributed by atoms with van der Waals surface area (Å²) in [5.41, 5.74) is -0.994. The van der Waals surface area contributed by atoms with Gasteiger partial charge in [0.25, 0.3) is 0 Å². The Morgan fingerprint density at radius 1 is 1.43 bits per heavy atom. The highest BCUT2D eigenvalue weighted by atomic mass is 19.4. The summed E-state index contributed by atoms with van der Waals surface area (Å²) in [6, 6.07) is 2.32. The van der Waals surface area contributed by atoms with Crippen molar-refractivity contribution in [1.29, 1.82) is 0 Å². The zero-order valence-corrected chi connectivity index (χ0v) is 11.6. The van der Waals surface area contributed by atoms with Crippen LogP contribution in [0.4, 0.5) is 23.2 Å². The lowest BCUT2D eigenvalue weighted by molar-refractivity contribution is -0.137. The highest BCUT2D eigenvalue weighted by Crippen LogP contribution is 2.32. The van der Waals surface area contributed by atoms with Crippen LogP contribution in [0.3, 0.4) is 0 Å². The molecular weight excluding hydrogens is 288 g/mol. The predicted octanol–water partition coefficient (Wildman–Crippen LogP) is 3.02. The second-order valence-corrected chi connectivity index (χ2v) is 5.20. The number of alkyl halides is 3. The average molecular weight is 306 g/mol. The van der Waals surface area contributed by atoms with Gasteiger partial charge in [0.2, 0.25) is 0 Å². The van der Waals surface area contributed by atoms with Gasteiger partial charge < -0.3 is 15.4 Å². The van der Waals surface area contributed by atoms with Crippen molar-refractivity contribution in [3.05, 3.63) is 29.6 Å². The van der Waals surface area contributed by atoms with Crippen molar-refractivity contribution < 1.29 is 22.3 Å². The Morgan fingerprint density at radius 2 is 2.19 bits per heavy atom. The number of rotatable bonds is 4. The second-order valence-electron chi connectivity index (χ2n) is 5.20. The van der Waals surface area contributed by atoms with E-state index in [9.17, 15) is 17.6 Å². The van der Waals surface area contributed by atoms with E-state index in [1.54, 1.807) is 6.92 Å². The van der Waals surface area contributed by atoms with Crippen LogP contribution >= 0.6 is 0 Å². The molecule has 118 valence electrons. The lowest BCUT2D eigenvalue weighted by Gasteiger charge is -2.27. The number of halogens is 4. The first-order valence-corrected chi connectivity index (χ1v) is 6.80. The highest BCUT2D eigenvalue weighted by molar-refractivity contribution is 5.48. The Morgan fingerprint density at radius 3 is 2.81 bits per heavy atom. The van der Waals surface area contributed by atoms with Crippen LogP contribution in [0.2, 0.25) is 0 Å². The maximum atomic E-state index is 13.6. The van der Waals surface area contributed by atoms with Crippen LogP contribution in [-0.2, 0) is 10.9 Å². The zero-order valence-electron chi connectivity index (χ0n) is 11.6. The van der Waals surface area contributed by atoms with Gasteiger partial charge in [0.05, 0.1) is 24.5 Å². The van der Waals surface area contributed by atoms with Gasteiger partial charge in [-0.1, -0.05) is 0 Å². The molecule has 1 aliphatic rings. The van der Waals surface area contributed by atoms with Crippen molar-refractivity contribution in [3.63, 3.8) is 0 Å². The van der Waals surface area contributed by atoms with E-state index in [4.69, 9.17) is 4.74 Å². The lowest BCUT2D eigenvalue weighted by atomic mass is 10.1. The van der Waals surface area contributed by atoms with Crippen molar-refractivity contribution in [3.8, 4) is 0 Å². The number of ether oxygens (including phenoxy) is 1. The minimum atomic E-state index is -4.48. The molecule has 0 radical (unpaired) electrons. The molecule has 0 aromatic heterocycles. The first kappa shape index (κ1) is 16.0. The fourth-order valence-corrected chi connectivity index (χ4v) is 2.33. The molecule has 1 saturated heterocycles. The first-order valence-electron chi connectivity index (χ1n) is 6.80. The van der Waals surface area contributed by atoms with E-state index < -0.39 is 17.6 Å². The van der Waals surface area contributed by atoms with E-state index in [1.807, 2.05) is 0 Å². The molecule has 3 nitrogen and oxygen atoms in total. The Kier molecular flexibility index (Phi) is 5.05. The molecule has 2 N–H and O–H groups in total. The molecule has 7 heteroatoms. The van der Waals surface area contributed by atoms with Crippen molar-refractivity contribution in [2.45, 2.75) is 31.6 Å². The molecule has 2 unspecified atom stereocenters. The zero-order chi connectivity index (χ0) is 15.5. The fraction of sp³-hybridized carbons (Fsp3) is 0.571. The van der Waals surface area contributed by atoms with Gasteiger partial charge in [-0.2, -0.15) is 13.2 Å². The van der Waals surface area contributed by atoms with E-state index in [-0.39, 0.29) is 17.8 Å². The number of nitrogens with one attached hydrogen (secondary N) is 2. The molecule has 0 saturated carbocycles. The first-order chi connectivity index (χ1) is 9.86. The largest absolute Gasteiger partial charge is 0.416 e. The molecule has 0 aliphatic carbocycles. The van der Waals surface area contributed by atoms with E-state index in [0.29, 0.717) is 19.6 Å². The van der Waals surface area contributed by atoms with Gasteiger partial charge in [-0.3, -0.25) is 0 Å². The molecule has 1 fully saturated rings. The quantitative estimate of drug-likeness (QED) is 0.839. The van der Waals surface area contributed by atoms with Gasteiger partial charge in [0.1, 0.15) is 5.82 Å². The third kappa shape index (κ3) is 4.57.